The Labute approximate surface area is 326 Å². The van der Waals surface area contributed by atoms with Crippen molar-refractivity contribution in [3.05, 3.63) is 11.6 Å². The Balaban J connectivity index is 1.14. The minimum absolute atomic E-state index is 0.00541. The van der Waals surface area contributed by atoms with Crippen LogP contribution in [0.4, 0.5) is 0 Å². The molecule has 5 heterocycles. The lowest BCUT2D eigenvalue weighted by molar-refractivity contribution is -0.205. The standard InChI is InChI=1S/C44H64N2O9/c1-25-32-34-37(49)45-35(42(32)13-6-7-14-42)38(50)46-24-26(46)10-8-15-43-19-18-40(3)30(41(4,51)36(48)33(25)55-34)12-17-44(40,52)31(43)23-29(47)28-22-27(11-16-39(28,43)2)54-21-9-20-53-5/h23,25-28,30,32-37,45,48-49,51-52H,6-7,9-14,16-22,24H2,1-5H3/t25-,26-,27+,28+,30+,32-,33+,34+,35+,36-,37-,39+,40-,41+,43+,44-,46?/m1/s1. The summed E-state index contributed by atoms with van der Waals surface area (Å²) in [4.78, 5) is 30.9. The number of aliphatic hydroxyl groups excluding tert-OH is 2. The van der Waals surface area contributed by atoms with E-state index in [1.54, 1.807) is 20.1 Å². The van der Waals surface area contributed by atoms with Crippen LogP contribution in [0.15, 0.2) is 11.6 Å². The fourth-order valence-corrected chi connectivity index (χ4v) is 14.7. The molecule has 0 aromatic rings. The van der Waals surface area contributed by atoms with Crippen LogP contribution in [0.5, 0.6) is 0 Å². The summed E-state index contributed by atoms with van der Waals surface area (Å²) in [6.45, 7) is 9.80. The van der Waals surface area contributed by atoms with Crippen molar-refractivity contribution in [1.29, 1.82) is 0 Å². The van der Waals surface area contributed by atoms with Gasteiger partial charge in [0.15, 0.2) is 5.78 Å². The number of piperidine rings is 1. The number of fused-ring (bicyclic) bond motifs is 4. The molecule has 3 saturated heterocycles. The number of ether oxygens (including phenoxy) is 3. The lowest BCUT2D eigenvalue weighted by Gasteiger charge is -2.64. The Bertz CT molecular complexity index is 1680. The van der Waals surface area contributed by atoms with Crippen LogP contribution in [-0.4, -0.2) is 118 Å². The summed E-state index contributed by atoms with van der Waals surface area (Å²) in [5.41, 5.74) is -5.07. The van der Waals surface area contributed by atoms with Gasteiger partial charge >= 0.3 is 0 Å². The maximum atomic E-state index is 14.5. The molecule has 10 rings (SSSR count). The summed E-state index contributed by atoms with van der Waals surface area (Å²) < 4.78 is 18.2. The number of hydrogen-bond acceptors (Lipinski definition) is 10. The second-order valence-corrected chi connectivity index (χ2v) is 20.1. The molecule has 5 aliphatic carbocycles. The van der Waals surface area contributed by atoms with E-state index in [9.17, 15) is 30.0 Å². The third kappa shape index (κ3) is 5.17. The molecular weight excluding hydrogens is 700 g/mol. The van der Waals surface area contributed by atoms with Gasteiger partial charge in [0, 0.05) is 56.0 Å². The van der Waals surface area contributed by atoms with Gasteiger partial charge in [-0.25, -0.2) is 0 Å². The van der Waals surface area contributed by atoms with E-state index in [0.717, 1.165) is 44.9 Å². The van der Waals surface area contributed by atoms with Crippen LogP contribution >= 0.6 is 0 Å². The van der Waals surface area contributed by atoms with E-state index in [0.29, 0.717) is 63.9 Å². The van der Waals surface area contributed by atoms with Crippen LogP contribution in [-0.2, 0) is 23.8 Å². The van der Waals surface area contributed by atoms with Crippen LogP contribution in [0.3, 0.4) is 0 Å². The van der Waals surface area contributed by atoms with Crippen molar-refractivity contribution in [2.45, 2.75) is 165 Å². The second-order valence-electron chi connectivity index (χ2n) is 20.1. The Morgan fingerprint density at radius 3 is 2.49 bits per heavy atom. The molecule has 304 valence electrons. The number of methoxy groups -OCH3 is 1. The summed E-state index contributed by atoms with van der Waals surface area (Å²) in [5.74, 6) is 6.12. The Kier molecular flexibility index (Phi) is 9.17. The molecule has 10 aliphatic rings. The van der Waals surface area contributed by atoms with Crippen molar-refractivity contribution < 1.29 is 44.2 Å². The van der Waals surface area contributed by atoms with E-state index in [-0.39, 0.29) is 41.6 Å². The van der Waals surface area contributed by atoms with Crippen molar-refractivity contribution >= 4 is 11.7 Å². The first-order valence-electron chi connectivity index (χ1n) is 21.5. The van der Waals surface area contributed by atoms with E-state index < -0.39 is 69.4 Å². The van der Waals surface area contributed by atoms with Gasteiger partial charge in [-0.3, -0.25) is 14.9 Å². The maximum Gasteiger partial charge on any atom is 0.240 e. The molecule has 5 aliphatic heterocycles. The summed E-state index contributed by atoms with van der Waals surface area (Å²) in [7, 11) is 1.68. The van der Waals surface area contributed by atoms with Gasteiger partial charge in [-0.1, -0.05) is 39.5 Å². The van der Waals surface area contributed by atoms with Crippen molar-refractivity contribution in [3.63, 3.8) is 0 Å². The molecule has 1 amide bonds. The van der Waals surface area contributed by atoms with E-state index in [2.05, 4.69) is 31.0 Å². The van der Waals surface area contributed by atoms with Crippen molar-refractivity contribution in [3.8, 4) is 11.8 Å². The normalized spacial score (nSPS) is 52.2. The highest BCUT2D eigenvalue weighted by Crippen LogP contribution is 2.73. The predicted octanol–water partition coefficient (Wildman–Crippen LogP) is 3.25. The zero-order valence-corrected chi connectivity index (χ0v) is 33.5. The van der Waals surface area contributed by atoms with Gasteiger partial charge in [0.05, 0.1) is 40.9 Å². The molecule has 7 bridgehead atoms. The monoisotopic (exact) mass is 764 g/mol. The number of hydrogen-bond donors (Lipinski definition) is 5. The average molecular weight is 765 g/mol. The molecule has 11 nitrogen and oxygen atoms in total. The molecular formula is C44H64N2O9. The maximum absolute atomic E-state index is 14.5. The molecule has 0 radical (unpaired) electrons. The van der Waals surface area contributed by atoms with Gasteiger partial charge in [-0.15, -0.1) is 5.92 Å². The lowest BCUT2D eigenvalue weighted by atomic mass is 9.39. The summed E-state index contributed by atoms with van der Waals surface area (Å²) in [6.07, 6.45) is 6.86. The SMILES string of the molecule is COCCCO[C@H]1CC[C@@]2(C)[C@@H](C1)C(=O)C=C1[C@]3(O)CC[C@@H]4[C@](C)(O)[C@H](O)[C@H]5O[C@H]6[C@@H]([C@H]5C)C5(CCCC5)[C@@H](N[C@@H]6O)C(=O)N5C[C@H]5CC#C[C@]12CC[C@]43C. The number of ketones is 1. The quantitative estimate of drug-likeness (QED) is 0.160. The van der Waals surface area contributed by atoms with Gasteiger partial charge in [0.25, 0.3) is 0 Å². The number of nitrogens with zero attached hydrogens (tertiary/aromatic N) is 1. The first-order chi connectivity index (χ1) is 26.1. The average Bonchev–Trinajstić information content (AvgIpc) is 3.43. The second kappa shape index (κ2) is 13.1. The fraction of sp³-hybridized carbons (Fsp3) is 0.864. The highest BCUT2D eigenvalue weighted by Gasteiger charge is 2.74. The predicted molar refractivity (Wildman–Crippen MR) is 202 cm³/mol. The number of carbonyl (C=O) groups excluding carboxylic acids is 2. The Morgan fingerprint density at radius 2 is 1.75 bits per heavy atom. The number of aliphatic hydroxyl groups is 4. The molecule has 55 heavy (non-hydrogen) atoms. The first kappa shape index (κ1) is 38.6. The zero-order chi connectivity index (χ0) is 38.9. The number of amides is 1. The number of nitrogens with one attached hydrogen (secondary N) is 1. The third-order valence-corrected chi connectivity index (χ3v) is 17.8. The molecule has 5 N–H and O–H groups in total. The largest absolute Gasteiger partial charge is 0.387 e. The topological polar surface area (TPSA) is 158 Å². The van der Waals surface area contributed by atoms with Gasteiger partial charge in [-0.05, 0) is 100 Å². The molecule has 7 fully saturated rings. The summed E-state index contributed by atoms with van der Waals surface area (Å²) in [5, 5.41) is 53.3. The van der Waals surface area contributed by atoms with Gasteiger partial charge < -0.3 is 39.5 Å². The summed E-state index contributed by atoms with van der Waals surface area (Å²) in [6, 6.07) is -0.619. The van der Waals surface area contributed by atoms with E-state index in [1.807, 2.05) is 11.8 Å². The highest BCUT2D eigenvalue weighted by atomic mass is 16.5. The third-order valence-electron chi connectivity index (χ3n) is 17.8. The van der Waals surface area contributed by atoms with Crippen molar-refractivity contribution in [2.75, 3.05) is 26.9 Å². The Morgan fingerprint density at radius 1 is 0.982 bits per heavy atom. The molecule has 11 heteroatoms. The Hall–Kier alpha value is -1.88. The smallest absolute Gasteiger partial charge is 0.240 e. The van der Waals surface area contributed by atoms with Crippen molar-refractivity contribution in [2.24, 2.45) is 45.3 Å². The lowest BCUT2D eigenvalue weighted by Crippen LogP contribution is -2.67. The van der Waals surface area contributed by atoms with Crippen LogP contribution < -0.4 is 5.32 Å². The molecule has 2 spiro atoms. The van der Waals surface area contributed by atoms with Crippen LogP contribution in [0.1, 0.15) is 111 Å². The van der Waals surface area contributed by atoms with E-state index in [1.165, 1.54) is 0 Å². The van der Waals surface area contributed by atoms with Crippen LogP contribution in [0, 0.1) is 57.2 Å². The number of rotatable bonds is 5. The highest BCUT2D eigenvalue weighted by molar-refractivity contribution is 5.96. The molecule has 16 atom stereocenters. The molecule has 0 unspecified atom stereocenters. The number of allylic oxidation sites excluding steroid dienone is 1. The van der Waals surface area contributed by atoms with E-state index in [4.69, 9.17) is 14.2 Å². The van der Waals surface area contributed by atoms with Gasteiger partial charge in [0.2, 0.25) is 5.91 Å². The molecule has 0 aromatic carbocycles. The van der Waals surface area contributed by atoms with Crippen LogP contribution in [0.2, 0.25) is 0 Å². The molecule has 4 saturated carbocycles. The zero-order valence-electron chi connectivity index (χ0n) is 33.5. The number of carbonyl (C=O) groups is 2. The van der Waals surface area contributed by atoms with Gasteiger partial charge in [0.1, 0.15) is 18.4 Å². The molecule has 0 aromatic heterocycles. The van der Waals surface area contributed by atoms with Crippen LogP contribution in [0.25, 0.3) is 0 Å². The van der Waals surface area contributed by atoms with E-state index >= 15 is 0 Å². The van der Waals surface area contributed by atoms with Gasteiger partial charge in [-0.2, -0.15) is 0 Å². The minimum atomic E-state index is -1.67. The fourth-order valence-electron chi connectivity index (χ4n) is 14.7. The van der Waals surface area contributed by atoms with Crippen molar-refractivity contribution in [1.82, 2.24) is 10.2 Å². The first-order valence-corrected chi connectivity index (χ1v) is 21.5. The minimum Gasteiger partial charge on any atom is -0.387 e. The summed E-state index contributed by atoms with van der Waals surface area (Å²) >= 11 is 0.